The Hall–Kier alpha value is -0.900. The van der Waals surface area contributed by atoms with Crippen LogP contribution in [0.4, 0.5) is 0 Å². The van der Waals surface area contributed by atoms with Gasteiger partial charge in [-0.25, -0.2) is 0 Å². The van der Waals surface area contributed by atoms with Crippen LogP contribution in [0.1, 0.15) is 19.8 Å². The van der Waals surface area contributed by atoms with E-state index >= 15 is 0 Å². The lowest BCUT2D eigenvalue weighted by Gasteiger charge is -2.31. The third-order valence-corrected chi connectivity index (χ3v) is 1.90. The highest BCUT2D eigenvalue weighted by Crippen LogP contribution is 2.09. The van der Waals surface area contributed by atoms with Gasteiger partial charge >= 0.3 is 0 Å². The van der Waals surface area contributed by atoms with E-state index < -0.39 is 0 Å². The summed E-state index contributed by atoms with van der Waals surface area (Å²) in [6.07, 6.45) is 1.58. The zero-order valence-corrected chi connectivity index (χ0v) is 6.72. The molecule has 0 aromatic heterocycles. The van der Waals surface area contributed by atoms with Gasteiger partial charge in [-0.3, -0.25) is 10.8 Å². The van der Waals surface area contributed by atoms with E-state index in [4.69, 9.17) is 16.6 Å². The minimum atomic E-state index is 0.129. The number of nitrogens with two attached hydrogens (primary N) is 1. The average Bonchev–Trinajstić information content (AvgIpc) is 1.94. The van der Waals surface area contributed by atoms with Gasteiger partial charge in [0.2, 0.25) is 0 Å². The van der Waals surface area contributed by atoms with Gasteiger partial charge in [0, 0.05) is 19.0 Å². The van der Waals surface area contributed by atoms with E-state index in [1.165, 1.54) is 0 Å². The molecule has 0 aromatic rings. The third kappa shape index (κ3) is 1.77. The van der Waals surface area contributed by atoms with Gasteiger partial charge in [0.25, 0.3) is 0 Å². The number of hydrogen-bond donors (Lipinski definition) is 3. The summed E-state index contributed by atoms with van der Waals surface area (Å²) >= 11 is 0. The van der Waals surface area contributed by atoms with Crippen LogP contribution in [0.3, 0.4) is 0 Å². The van der Waals surface area contributed by atoms with Crippen LogP contribution in [-0.4, -0.2) is 29.2 Å². The molecule has 1 saturated heterocycles. The van der Waals surface area contributed by atoms with Gasteiger partial charge in [-0.2, -0.15) is 0 Å². The van der Waals surface area contributed by atoms with E-state index in [9.17, 15) is 0 Å². The zero-order chi connectivity index (χ0) is 8.43. The predicted octanol–water partition coefficient (Wildman–Crippen LogP) is 0.384. The molecule has 11 heavy (non-hydrogen) atoms. The van der Waals surface area contributed by atoms with E-state index in [0.29, 0.717) is 24.6 Å². The summed E-state index contributed by atoms with van der Waals surface area (Å²) in [5, 5.41) is 14.8. The zero-order valence-electron chi connectivity index (χ0n) is 6.72. The van der Waals surface area contributed by atoms with Gasteiger partial charge in [-0.15, -0.1) is 0 Å². The highest BCUT2D eigenvalue weighted by molar-refractivity contribution is 5.97. The Morgan fingerprint density at radius 1 is 1.73 bits per heavy atom. The van der Waals surface area contributed by atoms with Gasteiger partial charge in [0.05, 0.1) is 5.84 Å². The molecule has 1 unspecified atom stereocenters. The van der Waals surface area contributed by atoms with Crippen molar-refractivity contribution in [3.63, 3.8) is 0 Å². The summed E-state index contributed by atoms with van der Waals surface area (Å²) in [6.45, 7) is 2.32. The highest BCUT2D eigenvalue weighted by Gasteiger charge is 2.21. The van der Waals surface area contributed by atoms with E-state index in [2.05, 4.69) is 0 Å². The largest absolute Gasteiger partial charge is 0.326 e. The molecule has 1 rings (SSSR count). The van der Waals surface area contributed by atoms with Crippen molar-refractivity contribution in [3.05, 3.63) is 0 Å². The van der Waals surface area contributed by atoms with Crippen molar-refractivity contribution in [1.82, 2.24) is 4.90 Å². The van der Waals surface area contributed by atoms with E-state index in [1.54, 1.807) is 11.8 Å². The Bertz CT molecular complexity index is 187. The summed E-state index contributed by atoms with van der Waals surface area (Å²) in [5.41, 5.74) is 5.69. The minimum absolute atomic E-state index is 0.129. The van der Waals surface area contributed by atoms with Crippen LogP contribution in [-0.2, 0) is 0 Å². The van der Waals surface area contributed by atoms with E-state index in [-0.39, 0.29) is 6.04 Å². The van der Waals surface area contributed by atoms with Gasteiger partial charge in [0.15, 0.2) is 0 Å². The molecule has 0 radical (unpaired) electrons. The maximum atomic E-state index is 7.50. The minimum Gasteiger partial charge on any atom is -0.326 e. The van der Waals surface area contributed by atoms with Gasteiger partial charge in [-0.1, -0.05) is 0 Å². The molecule has 1 aliphatic rings. The van der Waals surface area contributed by atoms with E-state index in [1.807, 2.05) is 0 Å². The lowest BCUT2D eigenvalue weighted by molar-refractivity contribution is 0.441. The Balaban J connectivity index is 2.61. The standard InChI is InChI=1S/C7H14N4/c1-5(8)11-4-6(9)2-3-7(11)10/h6,8,10H,2-4,9H2,1H3. The van der Waals surface area contributed by atoms with Crippen LogP contribution in [0.15, 0.2) is 0 Å². The molecule has 1 fully saturated rings. The fourth-order valence-corrected chi connectivity index (χ4v) is 1.23. The lowest BCUT2D eigenvalue weighted by Crippen LogP contribution is -2.47. The molecule has 0 aliphatic carbocycles. The van der Waals surface area contributed by atoms with Crippen molar-refractivity contribution < 1.29 is 0 Å². The van der Waals surface area contributed by atoms with Crippen LogP contribution < -0.4 is 5.73 Å². The smallest absolute Gasteiger partial charge is 0.101 e. The number of hydrogen-bond acceptors (Lipinski definition) is 3. The van der Waals surface area contributed by atoms with Crippen LogP contribution >= 0.6 is 0 Å². The molecule has 62 valence electrons. The third-order valence-electron chi connectivity index (χ3n) is 1.90. The van der Waals surface area contributed by atoms with Crippen molar-refractivity contribution in [2.75, 3.05) is 6.54 Å². The lowest BCUT2D eigenvalue weighted by atomic mass is 10.1. The maximum absolute atomic E-state index is 7.50. The SMILES string of the molecule is CC(=N)N1CC(N)CCC1=N. The molecule has 4 heteroatoms. The van der Waals surface area contributed by atoms with Crippen LogP contribution in [0.2, 0.25) is 0 Å². The van der Waals surface area contributed by atoms with Crippen LogP contribution in [0, 0.1) is 10.8 Å². The highest BCUT2D eigenvalue weighted by atomic mass is 15.2. The van der Waals surface area contributed by atoms with E-state index in [0.717, 1.165) is 6.42 Å². The maximum Gasteiger partial charge on any atom is 0.101 e. The molecule has 0 saturated carbocycles. The molecule has 4 nitrogen and oxygen atoms in total. The van der Waals surface area contributed by atoms with Crippen molar-refractivity contribution in [3.8, 4) is 0 Å². The van der Waals surface area contributed by atoms with Crippen LogP contribution in [0.5, 0.6) is 0 Å². The van der Waals surface area contributed by atoms with Crippen molar-refractivity contribution in [2.45, 2.75) is 25.8 Å². The second-order valence-electron chi connectivity index (χ2n) is 2.94. The molecular formula is C7H14N4. The number of nitrogens with one attached hydrogen (secondary N) is 2. The van der Waals surface area contributed by atoms with Crippen LogP contribution in [0.25, 0.3) is 0 Å². The molecule has 0 amide bonds. The number of rotatable bonds is 0. The van der Waals surface area contributed by atoms with Crippen molar-refractivity contribution >= 4 is 11.7 Å². The number of nitrogens with zero attached hydrogens (tertiary/aromatic N) is 1. The van der Waals surface area contributed by atoms with Gasteiger partial charge < -0.3 is 10.6 Å². The summed E-state index contributed by atoms with van der Waals surface area (Å²) in [5.74, 6) is 0.948. The average molecular weight is 154 g/mol. The first-order chi connectivity index (χ1) is 5.11. The monoisotopic (exact) mass is 154 g/mol. The molecular weight excluding hydrogens is 140 g/mol. The summed E-state index contributed by atoms with van der Waals surface area (Å²) in [4.78, 5) is 1.66. The summed E-state index contributed by atoms with van der Waals surface area (Å²) in [7, 11) is 0. The van der Waals surface area contributed by atoms with Crippen molar-refractivity contribution in [1.29, 1.82) is 10.8 Å². The number of piperidine rings is 1. The first-order valence-electron chi connectivity index (χ1n) is 3.77. The Morgan fingerprint density at radius 3 is 2.82 bits per heavy atom. The first kappa shape index (κ1) is 8.20. The second kappa shape index (κ2) is 3.00. The molecule has 1 heterocycles. The number of amidine groups is 2. The Morgan fingerprint density at radius 2 is 2.36 bits per heavy atom. The summed E-state index contributed by atoms with van der Waals surface area (Å²) in [6, 6.07) is 0.129. The molecule has 0 aromatic carbocycles. The Labute approximate surface area is 66.4 Å². The first-order valence-corrected chi connectivity index (χ1v) is 3.77. The quantitative estimate of drug-likeness (QED) is 0.348. The van der Waals surface area contributed by atoms with Gasteiger partial charge in [-0.05, 0) is 13.3 Å². The summed E-state index contributed by atoms with van der Waals surface area (Å²) < 4.78 is 0. The molecule has 0 bridgehead atoms. The fraction of sp³-hybridized carbons (Fsp3) is 0.714. The number of likely N-dealkylation sites (tertiary alicyclic amines) is 1. The second-order valence-corrected chi connectivity index (χ2v) is 2.94. The molecule has 1 aliphatic heterocycles. The topological polar surface area (TPSA) is 77.0 Å². The van der Waals surface area contributed by atoms with Gasteiger partial charge in [0.1, 0.15) is 5.84 Å². The Kier molecular flexibility index (Phi) is 2.24. The van der Waals surface area contributed by atoms with Crippen molar-refractivity contribution in [2.24, 2.45) is 5.73 Å². The fourth-order valence-electron chi connectivity index (χ4n) is 1.23. The molecule has 4 N–H and O–H groups in total. The molecule has 1 atom stereocenters. The normalized spacial score (nSPS) is 25.5. The predicted molar refractivity (Wildman–Crippen MR) is 45.0 cm³/mol. The molecule has 0 spiro atoms.